The van der Waals surface area contributed by atoms with Crippen molar-refractivity contribution in [2.75, 3.05) is 0 Å². The van der Waals surface area contributed by atoms with Crippen molar-refractivity contribution in [1.82, 2.24) is 0 Å². The molecule has 0 atom stereocenters. The van der Waals surface area contributed by atoms with Crippen LogP contribution in [0.2, 0.25) is 5.02 Å². The SMILES string of the molecule is C=Cc1c(Cl)cccc1-c1[c]cccc1. The molecule has 0 aliphatic heterocycles. The fraction of sp³-hybridized carbons (Fsp3) is 0. The van der Waals surface area contributed by atoms with Gasteiger partial charge < -0.3 is 0 Å². The van der Waals surface area contributed by atoms with Gasteiger partial charge in [0, 0.05) is 10.6 Å². The van der Waals surface area contributed by atoms with Crippen molar-refractivity contribution in [3.63, 3.8) is 0 Å². The Kier molecular flexibility index (Phi) is 2.89. The monoisotopic (exact) mass is 213 g/mol. The highest BCUT2D eigenvalue weighted by Gasteiger charge is 2.04. The van der Waals surface area contributed by atoms with Crippen LogP contribution in [-0.4, -0.2) is 0 Å². The minimum absolute atomic E-state index is 0.722. The number of rotatable bonds is 2. The molecule has 0 nitrogen and oxygen atoms in total. The second kappa shape index (κ2) is 4.33. The predicted octanol–water partition coefficient (Wildman–Crippen LogP) is 4.45. The van der Waals surface area contributed by atoms with Gasteiger partial charge in [-0.05, 0) is 23.3 Å². The predicted molar refractivity (Wildman–Crippen MR) is 65.8 cm³/mol. The van der Waals surface area contributed by atoms with Gasteiger partial charge in [-0.3, -0.25) is 0 Å². The molecule has 0 saturated carbocycles. The van der Waals surface area contributed by atoms with Crippen LogP contribution in [0.25, 0.3) is 17.2 Å². The van der Waals surface area contributed by atoms with E-state index in [1.165, 1.54) is 0 Å². The largest absolute Gasteiger partial charge is 0.0984 e. The van der Waals surface area contributed by atoms with E-state index in [4.69, 9.17) is 11.6 Å². The fourth-order valence-corrected chi connectivity index (χ4v) is 1.79. The minimum Gasteiger partial charge on any atom is -0.0984 e. The molecule has 2 aromatic rings. The Labute approximate surface area is 94.8 Å². The Bertz CT molecular complexity index is 472. The van der Waals surface area contributed by atoms with Crippen LogP contribution < -0.4 is 0 Å². The number of benzene rings is 2. The third-order valence-corrected chi connectivity index (χ3v) is 2.59. The molecule has 0 fully saturated rings. The van der Waals surface area contributed by atoms with Crippen LogP contribution >= 0.6 is 11.6 Å². The van der Waals surface area contributed by atoms with E-state index in [-0.39, 0.29) is 0 Å². The molecular weight excluding hydrogens is 204 g/mol. The average Bonchev–Trinajstić information content (AvgIpc) is 2.30. The molecule has 0 aromatic heterocycles. The van der Waals surface area contributed by atoms with Gasteiger partial charge in [0.2, 0.25) is 0 Å². The molecule has 2 aromatic carbocycles. The van der Waals surface area contributed by atoms with Gasteiger partial charge in [-0.15, -0.1) is 0 Å². The van der Waals surface area contributed by atoms with Crippen molar-refractivity contribution in [2.45, 2.75) is 0 Å². The molecule has 2 rings (SSSR count). The lowest BCUT2D eigenvalue weighted by atomic mass is 10.00. The highest BCUT2D eigenvalue weighted by Crippen LogP contribution is 2.29. The van der Waals surface area contributed by atoms with Crippen molar-refractivity contribution in [2.24, 2.45) is 0 Å². The summed E-state index contributed by atoms with van der Waals surface area (Å²) in [4.78, 5) is 0. The summed E-state index contributed by atoms with van der Waals surface area (Å²) in [5.74, 6) is 0. The van der Waals surface area contributed by atoms with Crippen LogP contribution in [0.1, 0.15) is 5.56 Å². The average molecular weight is 214 g/mol. The van der Waals surface area contributed by atoms with E-state index in [2.05, 4.69) is 12.6 Å². The zero-order chi connectivity index (χ0) is 10.7. The van der Waals surface area contributed by atoms with Gasteiger partial charge in [0.1, 0.15) is 0 Å². The third-order valence-electron chi connectivity index (χ3n) is 2.26. The molecule has 1 radical (unpaired) electrons. The lowest BCUT2D eigenvalue weighted by molar-refractivity contribution is 1.58. The van der Waals surface area contributed by atoms with Gasteiger partial charge in [-0.1, -0.05) is 60.7 Å². The van der Waals surface area contributed by atoms with Crippen LogP contribution in [-0.2, 0) is 0 Å². The maximum Gasteiger partial charge on any atom is 0.0484 e. The Hall–Kier alpha value is -1.53. The summed E-state index contributed by atoms with van der Waals surface area (Å²) in [7, 11) is 0. The van der Waals surface area contributed by atoms with E-state index >= 15 is 0 Å². The molecule has 0 aliphatic carbocycles. The lowest BCUT2D eigenvalue weighted by Gasteiger charge is -2.07. The smallest absolute Gasteiger partial charge is 0.0484 e. The zero-order valence-electron chi connectivity index (χ0n) is 8.20. The van der Waals surface area contributed by atoms with E-state index in [1.54, 1.807) is 6.08 Å². The van der Waals surface area contributed by atoms with Gasteiger partial charge in [0.15, 0.2) is 0 Å². The second-order valence-corrected chi connectivity index (χ2v) is 3.59. The summed E-state index contributed by atoms with van der Waals surface area (Å²) in [6.45, 7) is 3.78. The number of halogens is 1. The maximum absolute atomic E-state index is 6.09. The van der Waals surface area contributed by atoms with Crippen molar-refractivity contribution < 1.29 is 0 Å². The van der Waals surface area contributed by atoms with Crippen LogP contribution in [0.3, 0.4) is 0 Å². The van der Waals surface area contributed by atoms with Gasteiger partial charge >= 0.3 is 0 Å². The standard InChI is InChI=1S/C14H10Cl/c1-2-12-13(9-6-10-14(12)15)11-7-4-3-5-8-11/h2-7,9-10H,1H2. The van der Waals surface area contributed by atoms with Crippen molar-refractivity contribution in [3.05, 3.63) is 65.7 Å². The first-order valence-corrected chi connectivity index (χ1v) is 5.09. The van der Waals surface area contributed by atoms with E-state index in [1.807, 2.05) is 42.5 Å². The first kappa shape index (κ1) is 10.0. The van der Waals surface area contributed by atoms with E-state index in [9.17, 15) is 0 Å². The quantitative estimate of drug-likeness (QED) is 0.692. The Morgan fingerprint density at radius 1 is 1.13 bits per heavy atom. The Balaban J connectivity index is 2.63. The molecule has 0 aliphatic rings. The van der Waals surface area contributed by atoms with Gasteiger partial charge in [0.25, 0.3) is 0 Å². The summed E-state index contributed by atoms with van der Waals surface area (Å²) in [6, 6.07) is 16.8. The lowest BCUT2D eigenvalue weighted by Crippen LogP contribution is -1.83. The van der Waals surface area contributed by atoms with Crippen LogP contribution in [0.4, 0.5) is 0 Å². The van der Waals surface area contributed by atoms with Crippen LogP contribution in [0.5, 0.6) is 0 Å². The third kappa shape index (κ3) is 1.95. The van der Waals surface area contributed by atoms with Gasteiger partial charge in [-0.2, -0.15) is 0 Å². The second-order valence-electron chi connectivity index (χ2n) is 3.18. The summed E-state index contributed by atoms with van der Waals surface area (Å²) in [6.07, 6.45) is 1.78. The minimum atomic E-state index is 0.722. The first-order valence-electron chi connectivity index (χ1n) is 4.71. The summed E-state index contributed by atoms with van der Waals surface area (Å²) in [5.41, 5.74) is 3.06. The number of hydrogen-bond acceptors (Lipinski definition) is 0. The normalized spacial score (nSPS) is 9.93. The molecule has 73 valence electrons. The molecule has 0 unspecified atom stereocenters. The molecule has 0 amide bonds. The maximum atomic E-state index is 6.09. The fourth-order valence-electron chi connectivity index (χ4n) is 1.54. The topological polar surface area (TPSA) is 0 Å². The summed E-state index contributed by atoms with van der Waals surface area (Å²) in [5, 5.41) is 0.722. The molecule has 0 saturated heterocycles. The Morgan fingerprint density at radius 2 is 2.00 bits per heavy atom. The molecular formula is C14H10Cl. The van der Waals surface area contributed by atoms with Crippen LogP contribution in [0, 0.1) is 6.07 Å². The van der Waals surface area contributed by atoms with Crippen molar-refractivity contribution >= 4 is 17.7 Å². The van der Waals surface area contributed by atoms with E-state index in [0.717, 1.165) is 21.7 Å². The highest BCUT2D eigenvalue weighted by atomic mass is 35.5. The van der Waals surface area contributed by atoms with Gasteiger partial charge in [0.05, 0.1) is 0 Å². The van der Waals surface area contributed by atoms with Crippen molar-refractivity contribution in [1.29, 1.82) is 0 Å². The first-order chi connectivity index (χ1) is 7.33. The summed E-state index contributed by atoms with van der Waals surface area (Å²) >= 11 is 6.09. The highest BCUT2D eigenvalue weighted by molar-refractivity contribution is 6.32. The zero-order valence-corrected chi connectivity index (χ0v) is 8.96. The van der Waals surface area contributed by atoms with Crippen LogP contribution in [0.15, 0.2) is 49.0 Å². The van der Waals surface area contributed by atoms with Gasteiger partial charge in [-0.25, -0.2) is 0 Å². The van der Waals surface area contributed by atoms with E-state index < -0.39 is 0 Å². The summed E-state index contributed by atoms with van der Waals surface area (Å²) < 4.78 is 0. The number of hydrogen-bond donors (Lipinski definition) is 0. The van der Waals surface area contributed by atoms with Crippen molar-refractivity contribution in [3.8, 4) is 11.1 Å². The molecule has 0 bridgehead atoms. The molecule has 15 heavy (non-hydrogen) atoms. The van der Waals surface area contributed by atoms with E-state index in [0.29, 0.717) is 0 Å². The molecule has 1 heteroatoms. The molecule has 0 N–H and O–H groups in total. The Morgan fingerprint density at radius 3 is 2.67 bits per heavy atom. The molecule has 0 heterocycles. The molecule has 0 spiro atoms.